The fourth-order valence-corrected chi connectivity index (χ4v) is 2.80. The number of rotatable bonds is 2. The quantitative estimate of drug-likeness (QED) is 0.810. The predicted molar refractivity (Wildman–Crippen MR) is 76.4 cm³/mol. The van der Waals surface area contributed by atoms with Gasteiger partial charge in [0.2, 0.25) is 0 Å². The zero-order valence-corrected chi connectivity index (χ0v) is 11.9. The molecule has 0 atom stereocenters. The molecule has 20 heavy (non-hydrogen) atoms. The Balaban J connectivity index is 1.87. The number of fused-ring (bicyclic) bond motifs is 1. The summed E-state index contributed by atoms with van der Waals surface area (Å²) in [6, 6.07) is 9.81. The van der Waals surface area contributed by atoms with Gasteiger partial charge in [-0.05, 0) is 35.4 Å². The molecule has 0 unspecified atom stereocenters. The van der Waals surface area contributed by atoms with Crippen molar-refractivity contribution < 1.29 is 9.18 Å². The van der Waals surface area contributed by atoms with Gasteiger partial charge >= 0.3 is 0 Å². The molecule has 2 nitrogen and oxygen atoms in total. The Morgan fingerprint density at radius 3 is 2.55 bits per heavy atom. The van der Waals surface area contributed by atoms with Crippen LogP contribution in [0.4, 0.5) is 4.39 Å². The Morgan fingerprint density at radius 1 is 1.15 bits per heavy atom. The molecule has 0 aliphatic carbocycles. The number of carbonyl (C=O) groups is 1. The smallest absolute Gasteiger partial charge is 0.256 e. The summed E-state index contributed by atoms with van der Waals surface area (Å²) in [6.07, 6.45) is 0. The number of amides is 1. The Kier molecular flexibility index (Phi) is 3.40. The van der Waals surface area contributed by atoms with Gasteiger partial charge in [0.1, 0.15) is 5.82 Å². The van der Waals surface area contributed by atoms with Crippen molar-refractivity contribution in [3.05, 3.63) is 69.0 Å². The Labute approximate surface area is 125 Å². The maximum absolute atomic E-state index is 13.3. The number of benzene rings is 2. The number of nitrogens with zero attached hydrogens (tertiary/aromatic N) is 1. The lowest BCUT2D eigenvalue weighted by molar-refractivity contribution is 0.0767. The van der Waals surface area contributed by atoms with Crippen molar-refractivity contribution in [2.45, 2.75) is 13.1 Å². The van der Waals surface area contributed by atoms with E-state index in [1.54, 1.807) is 17.0 Å². The van der Waals surface area contributed by atoms with Gasteiger partial charge in [0.15, 0.2) is 0 Å². The first-order chi connectivity index (χ1) is 9.54. The van der Waals surface area contributed by atoms with E-state index in [-0.39, 0.29) is 10.9 Å². The van der Waals surface area contributed by atoms with E-state index in [2.05, 4.69) is 0 Å². The summed E-state index contributed by atoms with van der Waals surface area (Å²) in [6.45, 7) is 0.816. The molecule has 0 aromatic heterocycles. The van der Waals surface area contributed by atoms with Gasteiger partial charge in [-0.3, -0.25) is 4.79 Å². The fraction of sp³-hybridized carbons (Fsp3) is 0.133. The lowest BCUT2D eigenvalue weighted by Crippen LogP contribution is -2.23. The van der Waals surface area contributed by atoms with Crippen LogP contribution in [0.3, 0.4) is 0 Å². The van der Waals surface area contributed by atoms with E-state index >= 15 is 0 Å². The molecule has 1 amide bonds. The summed E-state index contributed by atoms with van der Waals surface area (Å²) in [5.41, 5.74) is 2.00. The molecule has 0 bridgehead atoms. The Morgan fingerprint density at radius 2 is 1.85 bits per heavy atom. The highest BCUT2D eigenvalue weighted by Crippen LogP contribution is 2.31. The van der Waals surface area contributed by atoms with Crippen LogP contribution in [0.15, 0.2) is 36.4 Å². The van der Waals surface area contributed by atoms with Crippen LogP contribution < -0.4 is 0 Å². The van der Waals surface area contributed by atoms with Crippen LogP contribution in [0.5, 0.6) is 0 Å². The van der Waals surface area contributed by atoms with Gasteiger partial charge in [0.05, 0.1) is 10.6 Å². The maximum Gasteiger partial charge on any atom is 0.256 e. The molecular weight excluding hydrogens is 300 g/mol. The third-order valence-corrected chi connectivity index (χ3v) is 3.84. The summed E-state index contributed by atoms with van der Waals surface area (Å²) < 4.78 is 13.3. The Bertz CT molecular complexity index is 685. The van der Waals surface area contributed by atoms with E-state index in [1.807, 2.05) is 12.1 Å². The molecule has 1 aliphatic heterocycles. The van der Waals surface area contributed by atoms with Crippen molar-refractivity contribution in [1.29, 1.82) is 0 Å². The van der Waals surface area contributed by atoms with E-state index in [4.69, 9.17) is 23.2 Å². The highest BCUT2D eigenvalue weighted by Gasteiger charge is 2.30. The lowest BCUT2D eigenvalue weighted by Gasteiger charge is -2.15. The van der Waals surface area contributed by atoms with Crippen LogP contribution in [-0.4, -0.2) is 10.8 Å². The average Bonchev–Trinajstić information content (AvgIpc) is 2.69. The molecule has 102 valence electrons. The Hall–Kier alpha value is -1.58. The van der Waals surface area contributed by atoms with Gasteiger partial charge in [-0.15, -0.1) is 0 Å². The van der Waals surface area contributed by atoms with Crippen LogP contribution in [0.25, 0.3) is 0 Å². The molecule has 2 aromatic carbocycles. The standard InChI is InChI=1S/C15H10Cl2FNO/c16-11-3-1-9(2-4-11)7-19-8-10-5-12(18)6-13(17)14(10)15(19)20/h1-6H,7-8H2. The second kappa shape index (κ2) is 5.08. The molecule has 0 radical (unpaired) electrons. The first kappa shape index (κ1) is 13.4. The minimum absolute atomic E-state index is 0.167. The van der Waals surface area contributed by atoms with Gasteiger partial charge in [-0.2, -0.15) is 0 Å². The van der Waals surface area contributed by atoms with Crippen LogP contribution in [0.2, 0.25) is 10.0 Å². The van der Waals surface area contributed by atoms with Crippen LogP contribution in [0, 0.1) is 5.82 Å². The zero-order valence-electron chi connectivity index (χ0n) is 10.4. The summed E-state index contributed by atoms with van der Waals surface area (Å²) in [5.74, 6) is -0.588. The molecule has 0 fully saturated rings. The van der Waals surface area contributed by atoms with Gasteiger partial charge in [0.25, 0.3) is 5.91 Å². The predicted octanol–water partition coefficient (Wildman–Crippen LogP) is 4.29. The third kappa shape index (κ3) is 2.39. The number of carbonyl (C=O) groups excluding carboxylic acids is 1. The van der Waals surface area contributed by atoms with Gasteiger partial charge in [0, 0.05) is 18.1 Å². The maximum atomic E-state index is 13.3. The SMILES string of the molecule is O=C1c2c(Cl)cc(F)cc2CN1Cc1ccc(Cl)cc1. The normalized spacial score (nSPS) is 13.8. The molecule has 5 heteroatoms. The second-order valence-electron chi connectivity index (χ2n) is 4.71. The van der Waals surface area contributed by atoms with Crippen molar-refractivity contribution in [2.24, 2.45) is 0 Å². The van der Waals surface area contributed by atoms with E-state index in [0.29, 0.717) is 29.2 Å². The number of hydrogen-bond acceptors (Lipinski definition) is 1. The van der Waals surface area contributed by atoms with Gasteiger partial charge < -0.3 is 4.90 Å². The van der Waals surface area contributed by atoms with Crippen LogP contribution >= 0.6 is 23.2 Å². The summed E-state index contributed by atoms with van der Waals surface area (Å²) in [5, 5.41) is 0.818. The first-order valence-electron chi connectivity index (χ1n) is 6.06. The lowest BCUT2D eigenvalue weighted by atomic mass is 10.1. The minimum Gasteiger partial charge on any atom is -0.330 e. The zero-order chi connectivity index (χ0) is 14.3. The van der Waals surface area contributed by atoms with Crippen molar-refractivity contribution in [2.75, 3.05) is 0 Å². The summed E-state index contributed by atoms with van der Waals surface area (Å²) >= 11 is 11.8. The van der Waals surface area contributed by atoms with Crippen LogP contribution in [-0.2, 0) is 13.1 Å². The fourth-order valence-electron chi connectivity index (χ4n) is 2.36. The molecule has 1 aliphatic rings. The largest absolute Gasteiger partial charge is 0.330 e. The van der Waals surface area contributed by atoms with E-state index in [0.717, 1.165) is 5.56 Å². The molecule has 0 spiro atoms. The highest BCUT2D eigenvalue weighted by atomic mass is 35.5. The topological polar surface area (TPSA) is 20.3 Å². The minimum atomic E-state index is -0.421. The first-order valence-corrected chi connectivity index (χ1v) is 6.82. The molecule has 2 aromatic rings. The molecule has 1 heterocycles. The highest BCUT2D eigenvalue weighted by molar-refractivity contribution is 6.34. The van der Waals surface area contributed by atoms with Crippen molar-refractivity contribution in [3.63, 3.8) is 0 Å². The molecular formula is C15H10Cl2FNO. The second-order valence-corrected chi connectivity index (χ2v) is 5.55. The van der Waals surface area contributed by atoms with Gasteiger partial charge in [-0.25, -0.2) is 4.39 Å². The summed E-state index contributed by atoms with van der Waals surface area (Å²) in [4.78, 5) is 13.9. The average molecular weight is 310 g/mol. The molecule has 0 saturated carbocycles. The van der Waals surface area contributed by atoms with E-state index in [9.17, 15) is 9.18 Å². The van der Waals surface area contributed by atoms with Crippen molar-refractivity contribution >= 4 is 29.1 Å². The van der Waals surface area contributed by atoms with Crippen LogP contribution in [0.1, 0.15) is 21.5 Å². The molecule has 3 rings (SSSR count). The van der Waals surface area contributed by atoms with E-state index in [1.165, 1.54) is 12.1 Å². The van der Waals surface area contributed by atoms with Crippen molar-refractivity contribution in [1.82, 2.24) is 4.90 Å². The van der Waals surface area contributed by atoms with E-state index < -0.39 is 5.82 Å². The molecule has 0 N–H and O–H groups in total. The van der Waals surface area contributed by atoms with Crippen molar-refractivity contribution in [3.8, 4) is 0 Å². The third-order valence-electron chi connectivity index (χ3n) is 3.29. The van der Waals surface area contributed by atoms with Gasteiger partial charge in [-0.1, -0.05) is 35.3 Å². The number of hydrogen-bond donors (Lipinski definition) is 0. The molecule has 0 saturated heterocycles. The monoisotopic (exact) mass is 309 g/mol. The summed E-state index contributed by atoms with van der Waals surface area (Å²) in [7, 11) is 0. The number of halogens is 3.